The quantitative estimate of drug-likeness (QED) is 0.720. The number of carboxylic acid groups (broad SMARTS) is 1. The molecule has 60 valence electrons. The number of hydrogen-bond acceptors (Lipinski definition) is 3. The number of nitrogens with zero attached hydrogens (tertiary/aromatic N) is 1. The van der Waals surface area contributed by atoms with E-state index in [4.69, 9.17) is 5.11 Å². The van der Waals surface area contributed by atoms with E-state index < -0.39 is 12.8 Å². The molecule has 0 fully saturated rings. The summed E-state index contributed by atoms with van der Waals surface area (Å²) >= 11 is 1.06. The summed E-state index contributed by atoms with van der Waals surface area (Å²) in [5.74, 6) is 0. The number of halogens is 1. The zero-order chi connectivity index (χ0) is 8.27. The topological polar surface area (TPSA) is 62.2 Å². The smallest absolute Gasteiger partial charge is 0.410 e. The van der Waals surface area contributed by atoms with Gasteiger partial charge in [-0.3, -0.25) is 5.32 Å². The Balaban J connectivity index is 2.65. The predicted octanol–water partition coefficient (Wildman–Crippen LogP) is 1.70. The molecular weight excluding hydrogens is 171 g/mol. The Morgan fingerprint density at radius 1 is 1.91 bits per heavy atom. The van der Waals surface area contributed by atoms with Crippen LogP contribution >= 0.6 is 11.3 Å². The summed E-state index contributed by atoms with van der Waals surface area (Å²) in [6, 6.07) is 0. The first-order valence-electron chi connectivity index (χ1n) is 2.72. The summed E-state index contributed by atoms with van der Waals surface area (Å²) < 4.78 is 11.8. The summed E-state index contributed by atoms with van der Waals surface area (Å²) in [6.45, 7) is -0.669. The molecule has 1 heterocycles. The molecule has 0 saturated heterocycles. The lowest BCUT2D eigenvalue weighted by atomic mass is 10.6. The molecule has 0 atom stereocenters. The van der Waals surface area contributed by atoms with Gasteiger partial charge in [-0.25, -0.2) is 14.2 Å². The number of rotatable bonds is 2. The van der Waals surface area contributed by atoms with Gasteiger partial charge in [0.1, 0.15) is 6.67 Å². The molecule has 0 bridgehead atoms. The van der Waals surface area contributed by atoms with Crippen molar-refractivity contribution in [1.29, 1.82) is 0 Å². The summed E-state index contributed by atoms with van der Waals surface area (Å²) in [4.78, 5) is 13.6. The maximum atomic E-state index is 11.8. The lowest BCUT2D eigenvalue weighted by molar-refractivity contribution is 0.209. The Morgan fingerprint density at radius 2 is 2.64 bits per heavy atom. The molecule has 0 aliphatic carbocycles. The molecule has 0 aliphatic heterocycles. The zero-order valence-electron chi connectivity index (χ0n) is 5.37. The number of alkyl halides is 1. The van der Waals surface area contributed by atoms with Gasteiger partial charge in [0.2, 0.25) is 0 Å². The molecule has 1 rings (SSSR count). The van der Waals surface area contributed by atoms with Gasteiger partial charge in [-0.1, -0.05) is 0 Å². The Bertz CT molecular complexity index is 263. The molecule has 0 aliphatic rings. The van der Waals surface area contributed by atoms with E-state index in [0.717, 1.165) is 11.3 Å². The molecule has 1 aromatic heterocycles. The average Bonchev–Trinajstić information content (AvgIpc) is 2.34. The minimum Gasteiger partial charge on any atom is -0.465 e. The van der Waals surface area contributed by atoms with Gasteiger partial charge in [-0.05, 0) is 0 Å². The van der Waals surface area contributed by atoms with Gasteiger partial charge in [0.25, 0.3) is 0 Å². The van der Waals surface area contributed by atoms with Crippen LogP contribution in [0.4, 0.5) is 14.3 Å². The van der Waals surface area contributed by atoms with Crippen molar-refractivity contribution < 1.29 is 14.3 Å². The number of aromatic nitrogens is 1. The van der Waals surface area contributed by atoms with E-state index >= 15 is 0 Å². The summed E-state index contributed by atoms with van der Waals surface area (Å²) in [6.07, 6.45) is -1.19. The summed E-state index contributed by atoms with van der Waals surface area (Å²) in [7, 11) is 0. The minimum atomic E-state index is -1.19. The van der Waals surface area contributed by atoms with E-state index in [1.54, 1.807) is 0 Å². The van der Waals surface area contributed by atoms with Crippen molar-refractivity contribution in [3.05, 3.63) is 11.1 Å². The fourth-order valence-corrected chi connectivity index (χ4v) is 1.20. The van der Waals surface area contributed by atoms with Gasteiger partial charge >= 0.3 is 6.09 Å². The van der Waals surface area contributed by atoms with Crippen molar-refractivity contribution in [3.8, 4) is 0 Å². The van der Waals surface area contributed by atoms with Crippen LogP contribution in [0.1, 0.15) is 5.69 Å². The maximum absolute atomic E-state index is 11.8. The highest BCUT2D eigenvalue weighted by atomic mass is 32.1. The average molecular weight is 176 g/mol. The third-order valence-electron chi connectivity index (χ3n) is 0.903. The lowest BCUT2D eigenvalue weighted by Crippen LogP contribution is -2.06. The normalized spacial score (nSPS) is 9.55. The van der Waals surface area contributed by atoms with Crippen molar-refractivity contribution in [2.75, 3.05) is 5.32 Å². The lowest BCUT2D eigenvalue weighted by Gasteiger charge is -1.90. The van der Waals surface area contributed by atoms with Gasteiger partial charge in [0.05, 0.1) is 5.69 Å². The van der Waals surface area contributed by atoms with Gasteiger partial charge < -0.3 is 5.11 Å². The van der Waals surface area contributed by atoms with E-state index in [2.05, 4.69) is 4.98 Å². The number of thiazole rings is 1. The molecular formula is C5H5FN2O2S. The molecule has 0 spiro atoms. The summed E-state index contributed by atoms with van der Waals surface area (Å²) in [5.41, 5.74) is 0.249. The van der Waals surface area contributed by atoms with Gasteiger partial charge in [0, 0.05) is 5.38 Å². The Morgan fingerprint density at radius 3 is 3.09 bits per heavy atom. The first-order valence-corrected chi connectivity index (χ1v) is 3.60. The molecule has 1 aromatic rings. The predicted molar refractivity (Wildman–Crippen MR) is 38.6 cm³/mol. The van der Waals surface area contributed by atoms with Gasteiger partial charge in [0.15, 0.2) is 5.13 Å². The first-order chi connectivity index (χ1) is 5.22. The second-order valence-electron chi connectivity index (χ2n) is 1.71. The molecule has 1 amide bonds. The van der Waals surface area contributed by atoms with E-state index in [0.29, 0.717) is 0 Å². The van der Waals surface area contributed by atoms with Crippen molar-refractivity contribution in [2.45, 2.75) is 6.67 Å². The Kier molecular flexibility index (Phi) is 2.37. The SMILES string of the molecule is O=C(O)Nc1nc(CF)cs1. The highest BCUT2D eigenvalue weighted by molar-refractivity contribution is 7.13. The molecule has 4 nitrogen and oxygen atoms in total. The fourth-order valence-electron chi connectivity index (χ4n) is 0.517. The van der Waals surface area contributed by atoms with E-state index in [-0.39, 0.29) is 10.8 Å². The Labute approximate surface area is 65.7 Å². The standard InChI is InChI=1S/C5H5FN2O2S/c6-1-3-2-11-4(7-3)8-5(9)10/h2H,1H2,(H,7,8)(H,9,10). The molecule has 2 N–H and O–H groups in total. The molecule has 0 saturated carbocycles. The van der Waals surface area contributed by atoms with E-state index in [9.17, 15) is 9.18 Å². The number of hydrogen-bond donors (Lipinski definition) is 2. The van der Waals surface area contributed by atoms with Crippen LogP contribution in [0.25, 0.3) is 0 Å². The number of nitrogens with one attached hydrogen (secondary N) is 1. The van der Waals surface area contributed by atoms with Gasteiger partial charge in [-0.15, -0.1) is 11.3 Å². The van der Waals surface area contributed by atoms with E-state index in [1.807, 2.05) is 5.32 Å². The van der Waals surface area contributed by atoms with Crippen LogP contribution in [0.5, 0.6) is 0 Å². The van der Waals surface area contributed by atoms with Crippen LogP contribution in [-0.2, 0) is 6.67 Å². The third kappa shape index (κ3) is 2.15. The van der Waals surface area contributed by atoms with Crippen molar-refractivity contribution >= 4 is 22.6 Å². The highest BCUT2D eigenvalue weighted by Gasteiger charge is 2.03. The fraction of sp³-hybridized carbons (Fsp3) is 0.200. The zero-order valence-corrected chi connectivity index (χ0v) is 6.19. The van der Waals surface area contributed by atoms with Crippen molar-refractivity contribution in [1.82, 2.24) is 4.98 Å². The molecule has 11 heavy (non-hydrogen) atoms. The van der Waals surface area contributed by atoms with E-state index in [1.165, 1.54) is 5.38 Å². The number of amides is 1. The second kappa shape index (κ2) is 3.29. The summed E-state index contributed by atoms with van der Waals surface area (Å²) in [5, 5.41) is 11.9. The number of carbonyl (C=O) groups is 1. The Hall–Kier alpha value is -1.17. The number of anilines is 1. The van der Waals surface area contributed by atoms with Crippen LogP contribution in [0.3, 0.4) is 0 Å². The second-order valence-corrected chi connectivity index (χ2v) is 2.57. The van der Waals surface area contributed by atoms with Crippen LogP contribution in [0.2, 0.25) is 0 Å². The van der Waals surface area contributed by atoms with Crippen LogP contribution in [0.15, 0.2) is 5.38 Å². The minimum absolute atomic E-state index is 0.199. The molecule has 0 aromatic carbocycles. The van der Waals surface area contributed by atoms with Crippen LogP contribution in [0, 0.1) is 0 Å². The van der Waals surface area contributed by atoms with Crippen molar-refractivity contribution in [2.24, 2.45) is 0 Å². The highest BCUT2D eigenvalue weighted by Crippen LogP contribution is 2.15. The largest absolute Gasteiger partial charge is 0.465 e. The molecule has 6 heteroatoms. The molecule has 0 radical (unpaired) electrons. The van der Waals surface area contributed by atoms with Crippen LogP contribution in [-0.4, -0.2) is 16.2 Å². The third-order valence-corrected chi connectivity index (χ3v) is 1.71. The first kappa shape index (κ1) is 7.93. The van der Waals surface area contributed by atoms with Crippen LogP contribution < -0.4 is 5.32 Å². The molecule has 0 unspecified atom stereocenters. The monoisotopic (exact) mass is 176 g/mol. The van der Waals surface area contributed by atoms with Gasteiger partial charge in [-0.2, -0.15) is 0 Å². The van der Waals surface area contributed by atoms with Crippen molar-refractivity contribution in [3.63, 3.8) is 0 Å². The maximum Gasteiger partial charge on any atom is 0.410 e.